The summed E-state index contributed by atoms with van der Waals surface area (Å²) < 4.78 is 29.0. The van der Waals surface area contributed by atoms with E-state index in [1.807, 2.05) is 0 Å². The van der Waals surface area contributed by atoms with E-state index in [1.165, 1.54) is 6.42 Å². The monoisotopic (exact) mass is 287 g/mol. The Hall–Kier alpha value is -0.170. The van der Waals surface area contributed by atoms with Crippen LogP contribution in [0.25, 0.3) is 0 Å². The summed E-state index contributed by atoms with van der Waals surface area (Å²) in [5, 5.41) is 3.32. The van der Waals surface area contributed by atoms with Crippen LogP contribution in [0.15, 0.2) is 0 Å². The Morgan fingerprint density at radius 3 is 2.58 bits per heavy atom. The van der Waals surface area contributed by atoms with Crippen molar-refractivity contribution in [1.29, 1.82) is 0 Å². The maximum Gasteiger partial charge on any atom is 0.282 e. The highest BCUT2D eigenvalue weighted by molar-refractivity contribution is 7.86. The third-order valence-corrected chi connectivity index (χ3v) is 7.22. The highest BCUT2D eigenvalue weighted by Crippen LogP contribution is 2.32. The molecule has 0 aromatic heterocycles. The summed E-state index contributed by atoms with van der Waals surface area (Å²) in [6.07, 6.45) is 6.64. The molecule has 2 heterocycles. The molecule has 3 rings (SSSR count). The van der Waals surface area contributed by atoms with E-state index in [0.29, 0.717) is 12.5 Å². The van der Waals surface area contributed by atoms with E-state index in [-0.39, 0.29) is 12.1 Å². The van der Waals surface area contributed by atoms with Crippen LogP contribution in [0.2, 0.25) is 0 Å². The average Bonchev–Trinajstić information content (AvgIpc) is 3.01. The first kappa shape index (κ1) is 13.8. The first-order chi connectivity index (χ1) is 9.10. The quantitative estimate of drug-likeness (QED) is 0.835. The van der Waals surface area contributed by atoms with E-state index in [2.05, 4.69) is 5.32 Å². The van der Waals surface area contributed by atoms with Crippen LogP contribution in [0.5, 0.6) is 0 Å². The minimum atomic E-state index is -3.27. The molecule has 110 valence electrons. The van der Waals surface area contributed by atoms with Gasteiger partial charge in [0.25, 0.3) is 10.2 Å². The second-order valence-corrected chi connectivity index (χ2v) is 8.14. The Morgan fingerprint density at radius 2 is 1.84 bits per heavy atom. The molecule has 2 aliphatic heterocycles. The Labute approximate surface area is 116 Å². The van der Waals surface area contributed by atoms with Crippen LogP contribution in [-0.4, -0.2) is 55.8 Å². The highest BCUT2D eigenvalue weighted by Gasteiger charge is 2.45. The van der Waals surface area contributed by atoms with Gasteiger partial charge >= 0.3 is 0 Å². The minimum Gasteiger partial charge on any atom is -0.315 e. The molecule has 1 saturated carbocycles. The van der Waals surface area contributed by atoms with Crippen LogP contribution < -0.4 is 5.32 Å². The van der Waals surface area contributed by atoms with Gasteiger partial charge in [0, 0.05) is 32.2 Å². The van der Waals surface area contributed by atoms with Crippen molar-refractivity contribution in [3.63, 3.8) is 0 Å². The Bertz CT molecular complexity index is 420. The summed E-state index contributed by atoms with van der Waals surface area (Å²) in [7, 11) is -1.49. The smallest absolute Gasteiger partial charge is 0.282 e. The zero-order chi connectivity index (χ0) is 13.5. The third kappa shape index (κ3) is 2.44. The van der Waals surface area contributed by atoms with Gasteiger partial charge in [-0.3, -0.25) is 0 Å². The molecule has 0 bridgehead atoms. The van der Waals surface area contributed by atoms with Gasteiger partial charge in [0.15, 0.2) is 0 Å². The SMILES string of the molecule is CN(C1CCCCC1)S(=O)(=O)N1CC[C@H]2CNC[C@H]21. The van der Waals surface area contributed by atoms with Gasteiger partial charge in [-0.2, -0.15) is 17.0 Å². The second kappa shape index (κ2) is 5.31. The predicted molar refractivity (Wildman–Crippen MR) is 75.0 cm³/mol. The molecule has 19 heavy (non-hydrogen) atoms. The molecule has 0 radical (unpaired) electrons. The summed E-state index contributed by atoms with van der Waals surface area (Å²) in [4.78, 5) is 0. The van der Waals surface area contributed by atoms with Crippen molar-refractivity contribution in [1.82, 2.24) is 13.9 Å². The van der Waals surface area contributed by atoms with E-state index >= 15 is 0 Å². The summed E-state index contributed by atoms with van der Waals surface area (Å²) in [6.45, 7) is 2.50. The fraction of sp³-hybridized carbons (Fsp3) is 1.00. The lowest BCUT2D eigenvalue weighted by Gasteiger charge is -2.34. The summed E-state index contributed by atoms with van der Waals surface area (Å²) in [6, 6.07) is 0.406. The molecule has 2 atom stereocenters. The lowest BCUT2D eigenvalue weighted by molar-refractivity contribution is 0.258. The normalized spacial score (nSPS) is 34.0. The van der Waals surface area contributed by atoms with Gasteiger partial charge in [-0.15, -0.1) is 0 Å². The van der Waals surface area contributed by atoms with Gasteiger partial charge in [0.2, 0.25) is 0 Å². The number of fused-ring (bicyclic) bond motifs is 1. The van der Waals surface area contributed by atoms with Crippen LogP contribution in [0.1, 0.15) is 38.5 Å². The molecule has 0 aromatic carbocycles. The number of nitrogens with zero attached hydrogens (tertiary/aromatic N) is 2. The average molecular weight is 287 g/mol. The van der Waals surface area contributed by atoms with Crippen LogP contribution in [0.4, 0.5) is 0 Å². The summed E-state index contributed by atoms with van der Waals surface area (Å²) in [5.74, 6) is 0.523. The molecule has 0 spiro atoms. The molecule has 3 fully saturated rings. The topological polar surface area (TPSA) is 52.7 Å². The number of hydrogen-bond donors (Lipinski definition) is 1. The van der Waals surface area contributed by atoms with E-state index in [9.17, 15) is 8.42 Å². The molecule has 0 amide bonds. The summed E-state index contributed by atoms with van der Waals surface area (Å²) >= 11 is 0. The molecule has 1 aliphatic carbocycles. The van der Waals surface area contributed by atoms with Crippen LogP contribution in [-0.2, 0) is 10.2 Å². The van der Waals surface area contributed by atoms with Crippen LogP contribution in [0.3, 0.4) is 0 Å². The van der Waals surface area contributed by atoms with Gasteiger partial charge in [-0.05, 0) is 31.7 Å². The zero-order valence-electron chi connectivity index (χ0n) is 11.7. The van der Waals surface area contributed by atoms with Crippen molar-refractivity contribution in [3.8, 4) is 0 Å². The maximum atomic E-state index is 12.8. The van der Waals surface area contributed by atoms with Gasteiger partial charge in [0.1, 0.15) is 0 Å². The van der Waals surface area contributed by atoms with Crippen molar-refractivity contribution >= 4 is 10.2 Å². The van der Waals surface area contributed by atoms with Gasteiger partial charge in [0.05, 0.1) is 0 Å². The summed E-state index contributed by atoms with van der Waals surface area (Å²) in [5.41, 5.74) is 0. The molecule has 5 nitrogen and oxygen atoms in total. The fourth-order valence-electron chi connectivity index (χ4n) is 3.89. The number of rotatable bonds is 3. The molecular weight excluding hydrogens is 262 g/mol. The first-order valence-corrected chi connectivity index (χ1v) is 8.96. The van der Waals surface area contributed by atoms with Crippen LogP contribution in [0, 0.1) is 5.92 Å². The number of nitrogens with one attached hydrogen (secondary N) is 1. The Balaban J connectivity index is 1.74. The first-order valence-electron chi connectivity index (χ1n) is 7.56. The van der Waals surface area contributed by atoms with E-state index in [1.54, 1.807) is 15.7 Å². The van der Waals surface area contributed by atoms with E-state index < -0.39 is 10.2 Å². The van der Waals surface area contributed by atoms with Gasteiger partial charge in [-0.25, -0.2) is 0 Å². The maximum absolute atomic E-state index is 12.8. The minimum absolute atomic E-state index is 0.191. The lowest BCUT2D eigenvalue weighted by Crippen LogP contribution is -2.50. The molecule has 2 saturated heterocycles. The fourth-order valence-corrected chi connectivity index (χ4v) is 5.74. The van der Waals surface area contributed by atoms with Crippen molar-refractivity contribution in [2.24, 2.45) is 5.92 Å². The van der Waals surface area contributed by atoms with E-state index in [0.717, 1.165) is 45.2 Å². The van der Waals surface area contributed by atoms with Crippen molar-refractivity contribution in [2.45, 2.75) is 50.6 Å². The van der Waals surface area contributed by atoms with Crippen molar-refractivity contribution in [3.05, 3.63) is 0 Å². The molecule has 6 heteroatoms. The molecular formula is C13H25N3O2S. The Morgan fingerprint density at radius 1 is 1.11 bits per heavy atom. The highest BCUT2D eigenvalue weighted by atomic mass is 32.2. The standard InChI is InChI=1S/C13H25N3O2S/c1-15(12-5-3-2-4-6-12)19(17,18)16-8-7-11-9-14-10-13(11)16/h11-14H,2-10H2,1H3/t11-,13+/m0/s1. The van der Waals surface area contributed by atoms with Crippen molar-refractivity contribution in [2.75, 3.05) is 26.7 Å². The van der Waals surface area contributed by atoms with E-state index in [4.69, 9.17) is 0 Å². The molecule has 0 aromatic rings. The second-order valence-electron chi connectivity index (χ2n) is 6.20. The van der Waals surface area contributed by atoms with Crippen molar-refractivity contribution < 1.29 is 8.42 Å². The molecule has 0 unspecified atom stereocenters. The predicted octanol–water partition coefficient (Wildman–Crippen LogP) is 0.789. The Kier molecular flexibility index (Phi) is 3.86. The number of hydrogen-bond acceptors (Lipinski definition) is 3. The molecule has 1 N–H and O–H groups in total. The zero-order valence-corrected chi connectivity index (χ0v) is 12.5. The lowest BCUT2D eigenvalue weighted by atomic mass is 9.96. The van der Waals surface area contributed by atoms with Gasteiger partial charge < -0.3 is 5.32 Å². The largest absolute Gasteiger partial charge is 0.315 e. The van der Waals surface area contributed by atoms with Crippen LogP contribution >= 0.6 is 0 Å². The molecule has 3 aliphatic rings. The van der Waals surface area contributed by atoms with Gasteiger partial charge in [-0.1, -0.05) is 19.3 Å². The third-order valence-electron chi connectivity index (χ3n) is 5.14.